The van der Waals surface area contributed by atoms with Gasteiger partial charge in [-0.05, 0) is 0 Å². The van der Waals surface area contributed by atoms with Crippen LogP contribution in [-0.4, -0.2) is 40.9 Å². The van der Waals surface area contributed by atoms with E-state index in [4.69, 9.17) is 0 Å². The number of carboxylic acid groups (broad SMARTS) is 2. The largest absolute Gasteiger partial charge is 2.00 e. The van der Waals surface area contributed by atoms with Gasteiger partial charge in [-0.25, -0.2) is 0 Å². The van der Waals surface area contributed by atoms with E-state index in [9.17, 15) is 29.4 Å². The van der Waals surface area contributed by atoms with Crippen LogP contribution in [0.2, 0.25) is 0 Å². The Morgan fingerprint density at radius 1 is 0.765 bits per heavy atom. The van der Waals surface area contributed by atoms with Gasteiger partial charge in [0.1, 0.15) is 11.6 Å². The summed E-state index contributed by atoms with van der Waals surface area (Å²) < 4.78 is 0. The molecule has 0 atom stereocenters. The molecule has 0 N–H and O–H groups in total. The molecule has 0 aliphatic carbocycles. The molecule has 0 spiro atoms. The number of hydrogen-bond acceptors (Lipinski definition) is 6. The van der Waals surface area contributed by atoms with Crippen molar-refractivity contribution in [1.82, 2.24) is 0 Å². The summed E-state index contributed by atoms with van der Waals surface area (Å²) in [5.41, 5.74) is 0. The number of carboxylic acids is 2. The normalized spacial score (nSPS) is 8.12. The molecule has 6 nitrogen and oxygen atoms in total. The predicted molar refractivity (Wildman–Crippen MR) is 55.6 cm³/mol. The second-order valence-electron chi connectivity index (χ2n) is 2.88. The maximum atomic E-state index is 10.2. The van der Waals surface area contributed by atoms with Gasteiger partial charge in [0.2, 0.25) is 0 Å². The van der Waals surface area contributed by atoms with E-state index in [1.807, 2.05) is 0 Å². The Bertz CT molecular complexity index is 246. The Morgan fingerprint density at radius 2 is 1.00 bits per heavy atom. The van der Waals surface area contributed by atoms with E-state index in [1.54, 1.807) is 13.8 Å². The molecule has 0 unspecified atom stereocenters. The summed E-state index contributed by atoms with van der Waals surface area (Å²) in [6.07, 6.45) is -0.352. The monoisotopic (exact) mass is 257 g/mol. The molecule has 0 fully saturated rings. The molecule has 0 amide bonds. The van der Waals surface area contributed by atoms with Gasteiger partial charge in [-0.15, -0.1) is 0 Å². The number of rotatable bonds is 6. The molecule has 0 aromatic heterocycles. The van der Waals surface area contributed by atoms with Crippen LogP contribution in [0.25, 0.3) is 0 Å². The SMILES string of the molecule is CCC(=O)CC(=O)[O-].CCC(=O)CC(=O)[O-].[Al+2]. The molecule has 0 aromatic carbocycles. The molecular weight excluding hydrogens is 243 g/mol. The molecule has 0 bridgehead atoms. The molecule has 93 valence electrons. The fourth-order valence-electron chi connectivity index (χ4n) is 0.572. The third-order valence-corrected chi connectivity index (χ3v) is 1.47. The van der Waals surface area contributed by atoms with Crippen LogP contribution in [0.15, 0.2) is 0 Å². The summed E-state index contributed by atoms with van der Waals surface area (Å²) in [6.45, 7) is 3.23. The third-order valence-electron chi connectivity index (χ3n) is 1.47. The van der Waals surface area contributed by atoms with Crippen molar-refractivity contribution in [2.24, 2.45) is 0 Å². The summed E-state index contributed by atoms with van der Waals surface area (Å²) in [5.74, 6) is -3.16. The van der Waals surface area contributed by atoms with E-state index in [0.717, 1.165) is 0 Å². The van der Waals surface area contributed by atoms with Crippen LogP contribution in [0.4, 0.5) is 0 Å². The number of carbonyl (C=O) groups is 4. The molecule has 1 radical (unpaired) electrons. The van der Waals surface area contributed by atoms with Gasteiger partial charge in [-0.1, -0.05) is 13.8 Å². The first-order valence-electron chi connectivity index (χ1n) is 4.76. The van der Waals surface area contributed by atoms with Gasteiger partial charge >= 0.3 is 17.4 Å². The van der Waals surface area contributed by atoms with Gasteiger partial charge in [-0.3, -0.25) is 9.59 Å². The van der Waals surface area contributed by atoms with E-state index in [-0.39, 0.29) is 41.8 Å². The first-order valence-corrected chi connectivity index (χ1v) is 4.76. The van der Waals surface area contributed by atoms with Crippen molar-refractivity contribution in [2.75, 3.05) is 0 Å². The van der Waals surface area contributed by atoms with Crippen LogP contribution in [0, 0.1) is 0 Å². The van der Waals surface area contributed by atoms with Crippen molar-refractivity contribution in [3.05, 3.63) is 0 Å². The second kappa shape index (κ2) is 12.9. The maximum Gasteiger partial charge on any atom is 2.00 e. The van der Waals surface area contributed by atoms with Crippen molar-refractivity contribution in [1.29, 1.82) is 0 Å². The molecule has 0 aliphatic heterocycles. The molecule has 0 heterocycles. The van der Waals surface area contributed by atoms with Gasteiger partial charge in [-0.2, -0.15) is 0 Å². The Balaban J connectivity index is -0.000000218. The van der Waals surface area contributed by atoms with Crippen LogP contribution in [-0.2, 0) is 19.2 Å². The minimum Gasteiger partial charge on any atom is -0.550 e. The Kier molecular flexibility index (Phi) is 16.0. The average molecular weight is 257 g/mol. The third kappa shape index (κ3) is 20.8. The standard InChI is InChI=1S/2C5H8O3.Al/c2*1-2-4(6)3-5(7)8;/h2*2-3H2,1H3,(H,7,8);/q;;+2/p-2. The van der Waals surface area contributed by atoms with Gasteiger partial charge in [0.05, 0.1) is 0 Å². The van der Waals surface area contributed by atoms with Crippen LogP contribution >= 0.6 is 0 Å². The zero-order valence-corrected chi connectivity index (χ0v) is 11.0. The Labute approximate surface area is 110 Å². The first-order chi connectivity index (χ1) is 7.33. The van der Waals surface area contributed by atoms with E-state index < -0.39 is 24.8 Å². The van der Waals surface area contributed by atoms with Gasteiger partial charge < -0.3 is 19.8 Å². The smallest absolute Gasteiger partial charge is 0.550 e. The molecule has 0 aliphatic rings. The van der Waals surface area contributed by atoms with Crippen molar-refractivity contribution < 1.29 is 29.4 Å². The molecule has 0 saturated carbocycles. The molecular formula is C10H14AlO6. The zero-order valence-electron chi connectivity index (χ0n) is 9.86. The van der Waals surface area contributed by atoms with Crippen molar-refractivity contribution in [3.8, 4) is 0 Å². The van der Waals surface area contributed by atoms with Crippen molar-refractivity contribution in [3.63, 3.8) is 0 Å². The zero-order chi connectivity index (χ0) is 13.1. The molecule has 17 heavy (non-hydrogen) atoms. The molecule has 0 saturated heterocycles. The minimum absolute atomic E-state index is 0. The summed E-state index contributed by atoms with van der Waals surface area (Å²) in [6, 6.07) is 0. The van der Waals surface area contributed by atoms with Gasteiger partial charge in [0.25, 0.3) is 0 Å². The quantitative estimate of drug-likeness (QED) is 0.395. The molecule has 7 heteroatoms. The van der Waals surface area contributed by atoms with Crippen LogP contribution in [0.1, 0.15) is 39.5 Å². The van der Waals surface area contributed by atoms with E-state index in [1.165, 1.54) is 0 Å². The van der Waals surface area contributed by atoms with E-state index in [2.05, 4.69) is 0 Å². The van der Waals surface area contributed by atoms with Gasteiger partial charge in [0.15, 0.2) is 0 Å². The second-order valence-corrected chi connectivity index (χ2v) is 2.88. The summed E-state index contributed by atoms with van der Waals surface area (Å²) in [7, 11) is 0. The van der Waals surface area contributed by atoms with Crippen LogP contribution in [0.5, 0.6) is 0 Å². The topological polar surface area (TPSA) is 114 Å². The Morgan fingerprint density at radius 3 is 1.06 bits per heavy atom. The Hall–Kier alpha value is -1.19. The van der Waals surface area contributed by atoms with Gasteiger partial charge in [0, 0.05) is 37.6 Å². The molecule has 0 aromatic rings. The fraction of sp³-hybridized carbons (Fsp3) is 0.600. The maximum absolute atomic E-state index is 10.2. The number of aliphatic carboxylic acids is 2. The van der Waals surface area contributed by atoms with Crippen molar-refractivity contribution >= 4 is 40.9 Å². The predicted octanol–water partition coefficient (Wildman–Crippen LogP) is -2.17. The number of Topliss-reactive ketones (excluding diaryl/α,β-unsaturated/α-hetero) is 2. The van der Waals surface area contributed by atoms with Crippen LogP contribution < -0.4 is 10.2 Å². The number of carbonyl (C=O) groups excluding carboxylic acids is 4. The van der Waals surface area contributed by atoms with E-state index in [0.29, 0.717) is 0 Å². The molecule has 0 rings (SSSR count). The first kappa shape index (κ1) is 21.1. The minimum atomic E-state index is -1.29. The fourth-order valence-corrected chi connectivity index (χ4v) is 0.572. The number of ketones is 2. The van der Waals surface area contributed by atoms with Crippen molar-refractivity contribution in [2.45, 2.75) is 39.5 Å². The summed E-state index contributed by atoms with van der Waals surface area (Å²) in [5, 5.41) is 19.3. The summed E-state index contributed by atoms with van der Waals surface area (Å²) >= 11 is 0. The van der Waals surface area contributed by atoms with E-state index >= 15 is 0 Å². The number of hydrogen-bond donors (Lipinski definition) is 0. The average Bonchev–Trinajstić information content (AvgIpc) is 2.16. The van der Waals surface area contributed by atoms with Crippen LogP contribution in [0.3, 0.4) is 0 Å². The summed E-state index contributed by atoms with van der Waals surface area (Å²) in [4.78, 5) is 39.7.